The second-order valence-corrected chi connectivity index (χ2v) is 4.63. The Balaban J connectivity index is 1.92. The Kier molecular flexibility index (Phi) is 3.28. The van der Waals surface area contributed by atoms with E-state index in [9.17, 15) is 9.90 Å². The molecule has 0 aromatic heterocycles. The molecule has 1 amide bonds. The van der Waals surface area contributed by atoms with Crippen LogP contribution in [0.2, 0.25) is 0 Å². The fraction of sp³-hybridized carbons (Fsp3) is 0.333. The maximum absolute atomic E-state index is 11.4. The van der Waals surface area contributed by atoms with Gasteiger partial charge in [0.2, 0.25) is 5.91 Å². The van der Waals surface area contributed by atoms with Gasteiger partial charge in [-0.3, -0.25) is 4.79 Å². The quantitative estimate of drug-likeness (QED) is 0.702. The second-order valence-electron chi connectivity index (χ2n) is 4.22. The van der Waals surface area contributed by atoms with Crippen molar-refractivity contribution in [2.24, 2.45) is 5.92 Å². The third kappa shape index (κ3) is 3.17. The van der Waals surface area contributed by atoms with Gasteiger partial charge in [-0.2, -0.15) is 0 Å². The molecule has 5 heteroatoms. The van der Waals surface area contributed by atoms with E-state index in [2.05, 4.69) is 10.6 Å². The molecular weight excluding hydrogens is 236 g/mol. The van der Waals surface area contributed by atoms with Crippen molar-refractivity contribution in [3.63, 3.8) is 0 Å². The van der Waals surface area contributed by atoms with E-state index in [1.807, 2.05) is 6.92 Å². The SMILES string of the molecule is Cc1ccc(NC(=S)NC(=O)C2CC2)cc1O. The minimum Gasteiger partial charge on any atom is -0.508 e. The van der Waals surface area contributed by atoms with E-state index in [0.717, 1.165) is 18.4 Å². The van der Waals surface area contributed by atoms with Crippen LogP contribution in [0.15, 0.2) is 18.2 Å². The van der Waals surface area contributed by atoms with Crippen molar-refractivity contribution in [2.45, 2.75) is 19.8 Å². The summed E-state index contributed by atoms with van der Waals surface area (Å²) < 4.78 is 0. The Labute approximate surface area is 105 Å². The number of hydrogen-bond donors (Lipinski definition) is 3. The lowest BCUT2D eigenvalue weighted by atomic mass is 10.2. The number of aromatic hydroxyl groups is 1. The highest BCUT2D eigenvalue weighted by molar-refractivity contribution is 7.80. The molecule has 0 spiro atoms. The molecule has 0 bridgehead atoms. The molecule has 1 aromatic rings. The van der Waals surface area contributed by atoms with Crippen LogP contribution in [0.25, 0.3) is 0 Å². The number of nitrogens with one attached hydrogen (secondary N) is 2. The first kappa shape index (κ1) is 11.9. The number of carbonyl (C=O) groups is 1. The van der Waals surface area contributed by atoms with E-state index in [0.29, 0.717) is 5.69 Å². The molecule has 0 unspecified atom stereocenters. The van der Waals surface area contributed by atoms with Gasteiger partial charge in [0.25, 0.3) is 0 Å². The summed E-state index contributed by atoms with van der Waals surface area (Å²) in [6.07, 6.45) is 1.89. The molecule has 0 saturated heterocycles. The zero-order valence-electron chi connectivity index (χ0n) is 9.49. The lowest BCUT2D eigenvalue weighted by Crippen LogP contribution is -2.35. The monoisotopic (exact) mass is 250 g/mol. The van der Waals surface area contributed by atoms with Crippen molar-refractivity contribution in [2.75, 3.05) is 5.32 Å². The minimum absolute atomic E-state index is 0.0289. The van der Waals surface area contributed by atoms with Gasteiger partial charge in [-0.1, -0.05) is 6.07 Å². The van der Waals surface area contributed by atoms with Crippen molar-refractivity contribution in [1.82, 2.24) is 5.32 Å². The average molecular weight is 250 g/mol. The summed E-state index contributed by atoms with van der Waals surface area (Å²) in [6.45, 7) is 1.81. The number of hydrogen-bond acceptors (Lipinski definition) is 3. The Morgan fingerprint density at radius 1 is 1.47 bits per heavy atom. The molecule has 2 rings (SSSR count). The van der Waals surface area contributed by atoms with Crippen LogP contribution in [0.3, 0.4) is 0 Å². The molecule has 0 aliphatic heterocycles. The molecule has 1 fully saturated rings. The molecule has 0 radical (unpaired) electrons. The van der Waals surface area contributed by atoms with E-state index in [1.165, 1.54) is 0 Å². The first-order valence-corrected chi connectivity index (χ1v) is 5.88. The predicted molar refractivity (Wildman–Crippen MR) is 69.9 cm³/mol. The van der Waals surface area contributed by atoms with Crippen molar-refractivity contribution in [3.8, 4) is 5.75 Å². The van der Waals surface area contributed by atoms with Gasteiger partial charge in [-0.05, 0) is 43.6 Å². The first-order chi connectivity index (χ1) is 8.06. The molecule has 1 aromatic carbocycles. The predicted octanol–water partition coefficient (Wildman–Crippen LogP) is 1.92. The first-order valence-electron chi connectivity index (χ1n) is 5.48. The number of anilines is 1. The Hall–Kier alpha value is -1.62. The van der Waals surface area contributed by atoms with Crippen LogP contribution in [0.5, 0.6) is 5.75 Å². The number of carbonyl (C=O) groups excluding carboxylic acids is 1. The summed E-state index contributed by atoms with van der Waals surface area (Å²) >= 11 is 5.01. The third-order valence-electron chi connectivity index (χ3n) is 2.65. The Morgan fingerprint density at radius 2 is 2.18 bits per heavy atom. The van der Waals surface area contributed by atoms with E-state index in [4.69, 9.17) is 12.2 Å². The zero-order valence-corrected chi connectivity index (χ0v) is 10.3. The summed E-state index contributed by atoms with van der Waals surface area (Å²) in [5.41, 5.74) is 1.46. The van der Waals surface area contributed by atoms with Crippen LogP contribution in [0.4, 0.5) is 5.69 Å². The van der Waals surface area contributed by atoms with Gasteiger partial charge in [0.05, 0.1) is 0 Å². The fourth-order valence-corrected chi connectivity index (χ4v) is 1.63. The molecule has 1 saturated carbocycles. The summed E-state index contributed by atoms with van der Waals surface area (Å²) in [7, 11) is 0. The molecule has 17 heavy (non-hydrogen) atoms. The summed E-state index contributed by atoms with van der Waals surface area (Å²) in [6, 6.07) is 5.15. The average Bonchev–Trinajstić information content (AvgIpc) is 3.06. The maximum atomic E-state index is 11.4. The third-order valence-corrected chi connectivity index (χ3v) is 2.86. The minimum atomic E-state index is -0.0289. The van der Waals surface area contributed by atoms with Crippen LogP contribution in [-0.4, -0.2) is 16.1 Å². The van der Waals surface area contributed by atoms with Gasteiger partial charge >= 0.3 is 0 Å². The van der Waals surface area contributed by atoms with Crippen molar-refractivity contribution < 1.29 is 9.90 Å². The molecule has 4 nitrogen and oxygen atoms in total. The van der Waals surface area contributed by atoms with Crippen molar-refractivity contribution in [1.29, 1.82) is 0 Å². The Morgan fingerprint density at radius 3 is 2.76 bits per heavy atom. The van der Waals surface area contributed by atoms with Crippen molar-refractivity contribution in [3.05, 3.63) is 23.8 Å². The Bertz CT molecular complexity index is 470. The summed E-state index contributed by atoms with van der Waals surface area (Å²) in [5.74, 6) is 0.298. The fourth-order valence-electron chi connectivity index (χ4n) is 1.41. The van der Waals surface area contributed by atoms with Crippen molar-refractivity contribution >= 4 is 28.9 Å². The molecule has 90 valence electrons. The largest absolute Gasteiger partial charge is 0.508 e. The lowest BCUT2D eigenvalue weighted by Gasteiger charge is -2.10. The maximum Gasteiger partial charge on any atom is 0.229 e. The molecule has 3 N–H and O–H groups in total. The van der Waals surface area contributed by atoms with E-state index < -0.39 is 0 Å². The smallest absolute Gasteiger partial charge is 0.229 e. The standard InChI is InChI=1S/C12H14N2O2S/c1-7-2-5-9(6-10(7)15)13-12(17)14-11(16)8-3-4-8/h2,5-6,8,15H,3-4H2,1H3,(H2,13,14,16,17). The molecule has 0 heterocycles. The van der Waals surface area contributed by atoms with Crippen LogP contribution >= 0.6 is 12.2 Å². The molecule has 0 atom stereocenters. The number of aryl methyl sites for hydroxylation is 1. The number of phenols is 1. The van der Waals surface area contributed by atoms with Crippen LogP contribution in [0.1, 0.15) is 18.4 Å². The zero-order chi connectivity index (χ0) is 12.4. The van der Waals surface area contributed by atoms with Gasteiger partial charge in [0.1, 0.15) is 5.75 Å². The van der Waals surface area contributed by atoms with Gasteiger partial charge in [0.15, 0.2) is 5.11 Å². The molecule has 1 aliphatic rings. The van der Waals surface area contributed by atoms with Crippen LogP contribution in [0, 0.1) is 12.8 Å². The van der Waals surface area contributed by atoms with Gasteiger partial charge in [0, 0.05) is 17.7 Å². The van der Waals surface area contributed by atoms with Crippen LogP contribution < -0.4 is 10.6 Å². The number of amides is 1. The highest BCUT2D eigenvalue weighted by atomic mass is 32.1. The normalized spacial score (nSPS) is 14.2. The highest BCUT2D eigenvalue weighted by Gasteiger charge is 2.29. The van der Waals surface area contributed by atoms with Gasteiger partial charge < -0.3 is 15.7 Å². The van der Waals surface area contributed by atoms with Crippen LogP contribution in [-0.2, 0) is 4.79 Å². The van der Waals surface area contributed by atoms with E-state index in [1.54, 1.807) is 18.2 Å². The van der Waals surface area contributed by atoms with Gasteiger partial charge in [-0.15, -0.1) is 0 Å². The number of thiocarbonyl (C=S) groups is 1. The molecule has 1 aliphatic carbocycles. The van der Waals surface area contributed by atoms with E-state index >= 15 is 0 Å². The summed E-state index contributed by atoms with van der Waals surface area (Å²) in [4.78, 5) is 11.4. The molecular formula is C12H14N2O2S. The highest BCUT2D eigenvalue weighted by Crippen LogP contribution is 2.28. The lowest BCUT2D eigenvalue weighted by molar-refractivity contribution is -0.120. The topological polar surface area (TPSA) is 61.4 Å². The number of rotatable bonds is 2. The summed E-state index contributed by atoms with van der Waals surface area (Å²) in [5, 5.41) is 15.3. The number of phenolic OH excluding ortho intramolecular Hbond substituents is 1. The second kappa shape index (κ2) is 4.71. The van der Waals surface area contributed by atoms with E-state index in [-0.39, 0.29) is 22.7 Å². The van der Waals surface area contributed by atoms with Gasteiger partial charge in [-0.25, -0.2) is 0 Å². The number of benzene rings is 1.